The molecule has 0 atom stereocenters. The van der Waals surface area contributed by atoms with E-state index in [0.717, 1.165) is 38.1 Å². The van der Waals surface area contributed by atoms with E-state index < -0.39 is 30.9 Å². The lowest BCUT2D eigenvalue weighted by Crippen LogP contribution is -2.35. The van der Waals surface area contributed by atoms with Crippen LogP contribution in [0, 0.1) is 16.0 Å². The van der Waals surface area contributed by atoms with Crippen LogP contribution in [0.5, 0.6) is 0 Å². The van der Waals surface area contributed by atoms with E-state index >= 15 is 0 Å². The van der Waals surface area contributed by atoms with Gasteiger partial charge in [-0.2, -0.15) is 13.2 Å². The SMILES string of the molecule is CN1CCC(CN(C)c2ccc(S(=O)(=O)C(F)(F)F)cc2[N+](=O)[O-])CC1. The minimum absolute atomic E-state index is 0.0926. The van der Waals surface area contributed by atoms with E-state index in [-0.39, 0.29) is 5.69 Å². The molecule has 1 aromatic rings. The van der Waals surface area contributed by atoms with Crippen molar-refractivity contribution in [1.29, 1.82) is 0 Å². The number of benzene rings is 1. The minimum atomic E-state index is -5.64. The molecule has 0 amide bonds. The number of nitro benzene ring substituents is 1. The number of halogens is 3. The molecule has 0 N–H and O–H groups in total. The standard InChI is InChI=1S/C15H20F3N3O4S/c1-19-7-5-11(6-8-19)10-20(2)13-4-3-12(9-14(13)21(22)23)26(24,25)15(16,17)18/h3-4,9,11H,5-8,10H2,1-2H3. The van der Waals surface area contributed by atoms with Crippen molar-refractivity contribution >= 4 is 21.2 Å². The van der Waals surface area contributed by atoms with Crippen molar-refractivity contribution < 1.29 is 26.5 Å². The third kappa shape index (κ3) is 4.26. The molecule has 0 radical (unpaired) electrons. The predicted octanol–water partition coefficient (Wildman–Crippen LogP) is 2.67. The van der Waals surface area contributed by atoms with Crippen LogP contribution < -0.4 is 4.90 Å². The number of rotatable bonds is 5. The van der Waals surface area contributed by atoms with Crippen molar-refractivity contribution in [3.05, 3.63) is 28.3 Å². The number of hydrogen-bond donors (Lipinski definition) is 0. The summed E-state index contributed by atoms with van der Waals surface area (Å²) in [5, 5.41) is 11.3. The predicted molar refractivity (Wildman–Crippen MR) is 89.8 cm³/mol. The van der Waals surface area contributed by atoms with Gasteiger partial charge in [0.15, 0.2) is 0 Å². The first-order valence-electron chi connectivity index (χ1n) is 7.93. The lowest BCUT2D eigenvalue weighted by Gasteiger charge is -2.32. The van der Waals surface area contributed by atoms with Gasteiger partial charge in [0.1, 0.15) is 5.69 Å². The molecule has 0 bridgehead atoms. The Morgan fingerprint density at radius 3 is 2.38 bits per heavy atom. The molecule has 1 aromatic carbocycles. The zero-order valence-electron chi connectivity index (χ0n) is 14.4. The molecule has 0 aromatic heterocycles. The molecule has 1 aliphatic rings. The molecule has 146 valence electrons. The number of likely N-dealkylation sites (tertiary alicyclic amines) is 1. The summed E-state index contributed by atoms with van der Waals surface area (Å²) in [4.78, 5) is 13.1. The molecular formula is C15H20F3N3O4S. The molecule has 11 heteroatoms. The largest absolute Gasteiger partial charge is 0.501 e. The van der Waals surface area contributed by atoms with Crippen molar-refractivity contribution in [2.45, 2.75) is 23.2 Å². The Hall–Kier alpha value is -1.88. The maximum absolute atomic E-state index is 12.7. The van der Waals surface area contributed by atoms with Crippen molar-refractivity contribution in [2.75, 3.05) is 38.6 Å². The van der Waals surface area contributed by atoms with Gasteiger partial charge in [-0.3, -0.25) is 10.1 Å². The number of hydrogen-bond acceptors (Lipinski definition) is 6. The average molecular weight is 395 g/mol. The van der Waals surface area contributed by atoms with Gasteiger partial charge in [0.05, 0.1) is 9.82 Å². The van der Waals surface area contributed by atoms with E-state index in [9.17, 15) is 31.7 Å². The third-order valence-corrected chi connectivity index (χ3v) is 6.02. The van der Waals surface area contributed by atoms with Gasteiger partial charge in [0, 0.05) is 19.7 Å². The highest BCUT2D eigenvalue weighted by atomic mass is 32.2. The number of alkyl halides is 3. The van der Waals surface area contributed by atoms with Crippen LogP contribution in [0.2, 0.25) is 0 Å². The molecule has 1 fully saturated rings. The summed E-state index contributed by atoms with van der Waals surface area (Å²) >= 11 is 0. The van der Waals surface area contributed by atoms with Crippen molar-refractivity contribution in [3.8, 4) is 0 Å². The highest BCUT2D eigenvalue weighted by molar-refractivity contribution is 7.92. The molecule has 0 unspecified atom stereocenters. The number of nitro groups is 1. The van der Waals surface area contributed by atoms with E-state index in [1.807, 2.05) is 7.05 Å². The fourth-order valence-corrected chi connectivity index (χ4v) is 3.78. The first-order valence-corrected chi connectivity index (χ1v) is 9.41. The van der Waals surface area contributed by atoms with Gasteiger partial charge in [-0.05, 0) is 51.0 Å². The monoisotopic (exact) mass is 395 g/mol. The van der Waals surface area contributed by atoms with Gasteiger partial charge in [-0.15, -0.1) is 0 Å². The molecular weight excluding hydrogens is 375 g/mol. The summed E-state index contributed by atoms with van der Waals surface area (Å²) in [6.45, 7) is 2.31. The highest BCUT2D eigenvalue weighted by Gasteiger charge is 2.47. The summed E-state index contributed by atoms with van der Waals surface area (Å²) < 4.78 is 61.0. The molecule has 1 heterocycles. The van der Waals surface area contributed by atoms with Crippen LogP contribution in [0.15, 0.2) is 23.1 Å². The quantitative estimate of drug-likeness (QED) is 0.563. The van der Waals surface area contributed by atoms with Gasteiger partial charge in [0.2, 0.25) is 0 Å². The Morgan fingerprint density at radius 2 is 1.88 bits per heavy atom. The van der Waals surface area contributed by atoms with Gasteiger partial charge in [-0.25, -0.2) is 8.42 Å². The number of sulfone groups is 1. The Kier molecular flexibility index (Phi) is 5.81. The van der Waals surface area contributed by atoms with E-state index in [1.54, 1.807) is 11.9 Å². The van der Waals surface area contributed by atoms with Crippen molar-refractivity contribution in [2.24, 2.45) is 5.92 Å². The van der Waals surface area contributed by atoms with Crippen molar-refractivity contribution in [3.63, 3.8) is 0 Å². The highest BCUT2D eigenvalue weighted by Crippen LogP contribution is 2.36. The molecule has 0 spiro atoms. The minimum Gasteiger partial charge on any atom is -0.369 e. The second-order valence-corrected chi connectivity index (χ2v) is 8.43. The number of nitrogens with zero attached hydrogens (tertiary/aromatic N) is 3. The summed E-state index contributed by atoms with van der Waals surface area (Å²) in [5.74, 6) is 0.300. The summed E-state index contributed by atoms with van der Waals surface area (Å²) in [6.07, 6.45) is 1.82. The lowest BCUT2D eigenvalue weighted by molar-refractivity contribution is -0.384. The molecule has 0 saturated carbocycles. The normalized spacial score (nSPS) is 17.3. The Morgan fingerprint density at radius 1 is 1.31 bits per heavy atom. The Balaban J connectivity index is 2.30. The zero-order valence-corrected chi connectivity index (χ0v) is 15.2. The van der Waals surface area contributed by atoms with Crippen LogP contribution in [0.25, 0.3) is 0 Å². The molecule has 7 nitrogen and oxygen atoms in total. The van der Waals surface area contributed by atoms with Crippen LogP contribution in [0.1, 0.15) is 12.8 Å². The second-order valence-electron chi connectivity index (χ2n) is 6.48. The van der Waals surface area contributed by atoms with Gasteiger partial charge in [-0.1, -0.05) is 0 Å². The maximum atomic E-state index is 12.7. The smallest absolute Gasteiger partial charge is 0.369 e. The Labute approximate surface area is 149 Å². The molecule has 2 rings (SSSR count). The zero-order chi connectivity index (χ0) is 19.7. The first kappa shape index (κ1) is 20.4. The average Bonchev–Trinajstić information content (AvgIpc) is 2.55. The maximum Gasteiger partial charge on any atom is 0.501 e. The lowest BCUT2D eigenvalue weighted by atomic mass is 9.96. The van der Waals surface area contributed by atoms with E-state index in [2.05, 4.69) is 4.90 Å². The topological polar surface area (TPSA) is 83.8 Å². The number of piperidine rings is 1. The molecule has 1 saturated heterocycles. The van der Waals surface area contributed by atoms with E-state index in [0.29, 0.717) is 18.5 Å². The Bertz CT molecular complexity index is 775. The van der Waals surface area contributed by atoms with Gasteiger partial charge in [0.25, 0.3) is 15.5 Å². The number of anilines is 1. The van der Waals surface area contributed by atoms with Gasteiger partial charge < -0.3 is 9.80 Å². The fraction of sp³-hybridized carbons (Fsp3) is 0.600. The summed E-state index contributed by atoms with van der Waals surface area (Å²) in [5.41, 5.74) is -6.08. The molecule has 0 aliphatic carbocycles. The molecule has 1 aliphatic heterocycles. The molecule has 26 heavy (non-hydrogen) atoms. The summed E-state index contributed by atoms with van der Waals surface area (Å²) in [7, 11) is -2.02. The third-order valence-electron chi connectivity index (χ3n) is 4.54. The summed E-state index contributed by atoms with van der Waals surface area (Å²) in [6, 6.07) is 2.30. The van der Waals surface area contributed by atoms with Crippen LogP contribution in [-0.4, -0.2) is 57.5 Å². The van der Waals surface area contributed by atoms with E-state index in [4.69, 9.17) is 0 Å². The first-order chi connectivity index (χ1) is 11.9. The van der Waals surface area contributed by atoms with Gasteiger partial charge >= 0.3 is 5.51 Å². The van der Waals surface area contributed by atoms with E-state index in [1.165, 1.54) is 0 Å². The van der Waals surface area contributed by atoms with Crippen LogP contribution in [0.4, 0.5) is 24.5 Å². The fourth-order valence-electron chi connectivity index (χ4n) is 3.00. The second kappa shape index (κ2) is 7.39. The van der Waals surface area contributed by atoms with Crippen LogP contribution >= 0.6 is 0 Å². The van der Waals surface area contributed by atoms with Crippen LogP contribution in [0.3, 0.4) is 0 Å². The van der Waals surface area contributed by atoms with Crippen molar-refractivity contribution in [1.82, 2.24) is 4.90 Å². The van der Waals surface area contributed by atoms with Crippen LogP contribution in [-0.2, 0) is 9.84 Å².